The van der Waals surface area contributed by atoms with E-state index in [1.807, 2.05) is 0 Å². The van der Waals surface area contributed by atoms with Gasteiger partial charge in [-0.2, -0.15) is 0 Å². The zero-order valence-electron chi connectivity index (χ0n) is 11.1. The van der Waals surface area contributed by atoms with Crippen LogP contribution in [0.4, 0.5) is 20.2 Å². The molecule has 1 aromatic carbocycles. The van der Waals surface area contributed by atoms with Crippen molar-refractivity contribution in [3.63, 3.8) is 0 Å². The Morgan fingerprint density at radius 3 is 2.70 bits per heavy atom. The molecule has 2 N–H and O–H groups in total. The Balaban J connectivity index is 2.96. The van der Waals surface area contributed by atoms with Crippen LogP contribution in [0.25, 0.3) is 0 Å². The van der Waals surface area contributed by atoms with Crippen molar-refractivity contribution in [3.05, 3.63) is 33.9 Å². The number of halogens is 2. The van der Waals surface area contributed by atoms with Gasteiger partial charge in [0.25, 0.3) is 12.1 Å². The number of aliphatic hydroxyl groups is 1. The first-order chi connectivity index (χ1) is 9.47. The molecule has 0 aliphatic heterocycles. The molecule has 0 heterocycles. The second-order valence-electron chi connectivity index (χ2n) is 4.20. The van der Waals surface area contributed by atoms with Crippen LogP contribution in [0, 0.1) is 10.1 Å². The Morgan fingerprint density at radius 2 is 2.20 bits per heavy atom. The van der Waals surface area contributed by atoms with Gasteiger partial charge in [0.15, 0.2) is 0 Å². The molecule has 20 heavy (non-hydrogen) atoms. The van der Waals surface area contributed by atoms with Crippen LogP contribution in [0.15, 0.2) is 18.2 Å². The van der Waals surface area contributed by atoms with Crippen LogP contribution in [0.1, 0.15) is 5.56 Å². The van der Waals surface area contributed by atoms with Gasteiger partial charge < -0.3 is 10.4 Å². The number of nitro groups is 1. The van der Waals surface area contributed by atoms with Crippen molar-refractivity contribution in [1.29, 1.82) is 0 Å². The van der Waals surface area contributed by atoms with Gasteiger partial charge >= 0.3 is 0 Å². The summed E-state index contributed by atoms with van der Waals surface area (Å²) < 4.78 is 24.9. The molecule has 1 rings (SSSR count). The SMILES string of the molecule is CNc1ccc([N+](=O)[O-])cc1CN(CCO)CC(F)F. The summed E-state index contributed by atoms with van der Waals surface area (Å²) in [6, 6.07) is 4.23. The fraction of sp³-hybridized carbons (Fsp3) is 0.500. The largest absolute Gasteiger partial charge is 0.395 e. The van der Waals surface area contributed by atoms with Gasteiger partial charge in [0.05, 0.1) is 18.1 Å². The second kappa shape index (κ2) is 7.71. The van der Waals surface area contributed by atoms with Gasteiger partial charge in [-0.15, -0.1) is 0 Å². The fourth-order valence-corrected chi connectivity index (χ4v) is 1.88. The van der Waals surface area contributed by atoms with Gasteiger partial charge in [-0.05, 0) is 11.6 Å². The number of benzene rings is 1. The maximum atomic E-state index is 12.5. The third kappa shape index (κ3) is 4.71. The first-order valence-corrected chi connectivity index (χ1v) is 6.04. The maximum Gasteiger partial charge on any atom is 0.269 e. The van der Waals surface area contributed by atoms with E-state index >= 15 is 0 Å². The number of hydrogen-bond donors (Lipinski definition) is 2. The molecule has 0 atom stereocenters. The van der Waals surface area contributed by atoms with E-state index in [9.17, 15) is 18.9 Å². The Labute approximate surface area is 115 Å². The molecule has 0 amide bonds. The standard InChI is InChI=1S/C12H17F2N3O3/c1-15-11-3-2-10(17(19)20)6-9(11)7-16(4-5-18)8-12(13)14/h2-3,6,12,15,18H,4-5,7-8H2,1H3. The number of rotatable bonds is 8. The van der Waals surface area contributed by atoms with Crippen LogP contribution in [0.5, 0.6) is 0 Å². The fourth-order valence-electron chi connectivity index (χ4n) is 1.88. The van der Waals surface area contributed by atoms with E-state index in [2.05, 4.69) is 5.32 Å². The number of anilines is 1. The smallest absolute Gasteiger partial charge is 0.269 e. The highest BCUT2D eigenvalue weighted by molar-refractivity contribution is 5.55. The van der Waals surface area contributed by atoms with E-state index in [1.54, 1.807) is 7.05 Å². The lowest BCUT2D eigenvalue weighted by Gasteiger charge is -2.22. The number of non-ortho nitro benzene ring substituents is 1. The molecule has 8 heteroatoms. The molecule has 0 aromatic heterocycles. The molecular formula is C12H17F2N3O3. The molecule has 0 aliphatic carbocycles. The second-order valence-corrected chi connectivity index (χ2v) is 4.20. The molecule has 0 aliphatic rings. The predicted molar refractivity (Wildman–Crippen MR) is 71.0 cm³/mol. The van der Waals surface area contributed by atoms with Crippen molar-refractivity contribution in [1.82, 2.24) is 4.90 Å². The molecule has 0 bridgehead atoms. The van der Waals surface area contributed by atoms with Gasteiger partial charge in [-0.1, -0.05) is 0 Å². The predicted octanol–water partition coefficient (Wildman–Crippen LogP) is 1.70. The van der Waals surface area contributed by atoms with Gasteiger partial charge in [0.1, 0.15) is 0 Å². The van der Waals surface area contributed by atoms with E-state index in [4.69, 9.17) is 5.11 Å². The third-order valence-electron chi connectivity index (χ3n) is 2.78. The Morgan fingerprint density at radius 1 is 1.50 bits per heavy atom. The van der Waals surface area contributed by atoms with Gasteiger partial charge in [0, 0.05) is 38.0 Å². The van der Waals surface area contributed by atoms with Crippen LogP contribution in [-0.2, 0) is 6.54 Å². The van der Waals surface area contributed by atoms with E-state index in [1.165, 1.54) is 23.1 Å². The highest BCUT2D eigenvalue weighted by atomic mass is 19.3. The minimum Gasteiger partial charge on any atom is -0.395 e. The number of aliphatic hydroxyl groups excluding tert-OH is 1. The lowest BCUT2D eigenvalue weighted by Crippen LogP contribution is -2.31. The average Bonchev–Trinajstić information content (AvgIpc) is 2.38. The van der Waals surface area contributed by atoms with Crippen LogP contribution < -0.4 is 5.32 Å². The summed E-state index contributed by atoms with van der Waals surface area (Å²) in [6.45, 7) is -0.568. The normalized spacial score (nSPS) is 11.1. The lowest BCUT2D eigenvalue weighted by molar-refractivity contribution is -0.384. The summed E-state index contributed by atoms with van der Waals surface area (Å²) in [6.07, 6.45) is -2.53. The highest BCUT2D eigenvalue weighted by Gasteiger charge is 2.16. The monoisotopic (exact) mass is 289 g/mol. The van der Waals surface area contributed by atoms with Crippen LogP contribution in [0.2, 0.25) is 0 Å². The van der Waals surface area contributed by atoms with Crippen LogP contribution in [-0.4, -0.2) is 48.1 Å². The minimum atomic E-state index is -2.53. The minimum absolute atomic E-state index is 0.0795. The number of hydrogen-bond acceptors (Lipinski definition) is 5. The number of nitro benzene ring substituents is 1. The summed E-state index contributed by atoms with van der Waals surface area (Å²) in [4.78, 5) is 11.6. The molecule has 0 radical (unpaired) electrons. The summed E-state index contributed by atoms with van der Waals surface area (Å²) in [5.74, 6) is 0. The zero-order chi connectivity index (χ0) is 15.1. The molecule has 0 fully saturated rings. The number of alkyl halides is 2. The lowest BCUT2D eigenvalue weighted by atomic mass is 10.1. The molecule has 112 valence electrons. The highest BCUT2D eigenvalue weighted by Crippen LogP contribution is 2.23. The Kier molecular flexibility index (Phi) is 6.26. The molecular weight excluding hydrogens is 272 g/mol. The molecule has 0 saturated heterocycles. The van der Waals surface area contributed by atoms with Crippen molar-refractivity contribution in [2.45, 2.75) is 13.0 Å². The third-order valence-corrected chi connectivity index (χ3v) is 2.78. The van der Waals surface area contributed by atoms with Crippen LogP contribution in [0.3, 0.4) is 0 Å². The molecule has 0 spiro atoms. The quantitative estimate of drug-likeness (QED) is 0.562. The van der Waals surface area contributed by atoms with Crippen molar-refractivity contribution < 1.29 is 18.8 Å². The van der Waals surface area contributed by atoms with Crippen LogP contribution >= 0.6 is 0 Å². The van der Waals surface area contributed by atoms with Gasteiger partial charge in [-0.25, -0.2) is 8.78 Å². The van der Waals surface area contributed by atoms with Crippen molar-refractivity contribution in [3.8, 4) is 0 Å². The van der Waals surface area contributed by atoms with E-state index in [-0.39, 0.29) is 25.4 Å². The molecule has 6 nitrogen and oxygen atoms in total. The topological polar surface area (TPSA) is 78.6 Å². The summed E-state index contributed by atoms with van der Waals surface area (Å²) in [5, 5.41) is 22.5. The first kappa shape index (κ1) is 16.3. The first-order valence-electron chi connectivity index (χ1n) is 6.04. The van der Waals surface area contributed by atoms with Gasteiger partial charge in [-0.3, -0.25) is 15.0 Å². The van der Waals surface area contributed by atoms with Crippen molar-refractivity contribution in [2.75, 3.05) is 32.1 Å². The van der Waals surface area contributed by atoms with E-state index < -0.39 is 17.9 Å². The number of nitrogens with zero attached hydrogens (tertiary/aromatic N) is 2. The number of nitrogens with one attached hydrogen (secondary N) is 1. The van der Waals surface area contributed by atoms with Gasteiger partial charge in [0.2, 0.25) is 0 Å². The Hall–Kier alpha value is -1.80. The molecule has 0 unspecified atom stereocenters. The van der Waals surface area contributed by atoms with E-state index in [0.29, 0.717) is 11.3 Å². The summed E-state index contributed by atoms with van der Waals surface area (Å²) >= 11 is 0. The maximum absolute atomic E-state index is 12.5. The average molecular weight is 289 g/mol. The molecule has 0 saturated carbocycles. The summed E-state index contributed by atoms with van der Waals surface area (Å²) in [7, 11) is 1.65. The molecule has 1 aromatic rings. The zero-order valence-corrected chi connectivity index (χ0v) is 11.1. The van der Waals surface area contributed by atoms with Crippen molar-refractivity contribution >= 4 is 11.4 Å². The van der Waals surface area contributed by atoms with E-state index in [0.717, 1.165) is 0 Å². The van der Waals surface area contributed by atoms with Crippen molar-refractivity contribution in [2.24, 2.45) is 0 Å². The Bertz CT molecular complexity index is 458. The summed E-state index contributed by atoms with van der Waals surface area (Å²) in [5.41, 5.74) is 1.07.